The van der Waals surface area contributed by atoms with Crippen molar-refractivity contribution in [2.75, 3.05) is 0 Å². The zero-order chi connectivity index (χ0) is 12.8. The summed E-state index contributed by atoms with van der Waals surface area (Å²) in [6.07, 6.45) is 2.63. The average molecular weight is 238 g/mol. The van der Waals surface area contributed by atoms with Crippen molar-refractivity contribution in [2.24, 2.45) is 0 Å². The SMILES string of the molecule is CCCCC(C)OC(=O)c1cc(O)ccc1O. The van der Waals surface area contributed by atoms with Crippen LogP contribution in [0.2, 0.25) is 0 Å². The lowest BCUT2D eigenvalue weighted by Gasteiger charge is -2.13. The number of phenols is 2. The fourth-order valence-corrected chi connectivity index (χ4v) is 1.48. The molecule has 0 saturated carbocycles. The number of ether oxygens (including phenoxy) is 1. The van der Waals surface area contributed by atoms with Gasteiger partial charge < -0.3 is 14.9 Å². The van der Waals surface area contributed by atoms with Crippen molar-refractivity contribution < 1.29 is 19.7 Å². The highest BCUT2D eigenvalue weighted by Gasteiger charge is 2.16. The Morgan fingerprint density at radius 1 is 1.41 bits per heavy atom. The molecule has 0 fully saturated rings. The number of unbranched alkanes of at least 4 members (excludes halogenated alkanes) is 1. The Morgan fingerprint density at radius 2 is 2.12 bits per heavy atom. The van der Waals surface area contributed by atoms with Gasteiger partial charge in [-0.15, -0.1) is 0 Å². The van der Waals surface area contributed by atoms with E-state index in [1.54, 1.807) is 0 Å². The molecule has 1 unspecified atom stereocenters. The molecule has 0 saturated heterocycles. The smallest absolute Gasteiger partial charge is 0.342 e. The van der Waals surface area contributed by atoms with Crippen LogP contribution in [0.15, 0.2) is 18.2 Å². The van der Waals surface area contributed by atoms with Crippen molar-refractivity contribution in [1.29, 1.82) is 0 Å². The van der Waals surface area contributed by atoms with Crippen LogP contribution >= 0.6 is 0 Å². The van der Waals surface area contributed by atoms with Crippen LogP contribution in [0.5, 0.6) is 11.5 Å². The van der Waals surface area contributed by atoms with E-state index in [4.69, 9.17) is 4.74 Å². The van der Waals surface area contributed by atoms with Crippen molar-refractivity contribution in [2.45, 2.75) is 39.2 Å². The van der Waals surface area contributed by atoms with E-state index >= 15 is 0 Å². The quantitative estimate of drug-likeness (QED) is 0.611. The first kappa shape index (κ1) is 13.4. The maximum Gasteiger partial charge on any atom is 0.342 e. The minimum Gasteiger partial charge on any atom is -0.508 e. The fourth-order valence-electron chi connectivity index (χ4n) is 1.48. The molecule has 0 heterocycles. The molecule has 1 atom stereocenters. The molecule has 0 amide bonds. The highest BCUT2D eigenvalue weighted by molar-refractivity contribution is 5.92. The number of hydrogen-bond acceptors (Lipinski definition) is 4. The Balaban J connectivity index is 2.66. The fraction of sp³-hybridized carbons (Fsp3) is 0.462. The summed E-state index contributed by atoms with van der Waals surface area (Å²) in [6.45, 7) is 3.88. The topological polar surface area (TPSA) is 66.8 Å². The Labute approximate surface area is 101 Å². The largest absolute Gasteiger partial charge is 0.508 e. The molecule has 1 aromatic carbocycles. The van der Waals surface area contributed by atoms with E-state index in [1.807, 2.05) is 6.92 Å². The van der Waals surface area contributed by atoms with E-state index in [1.165, 1.54) is 18.2 Å². The second-order valence-electron chi connectivity index (χ2n) is 4.06. The molecule has 0 radical (unpaired) electrons. The van der Waals surface area contributed by atoms with Gasteiger partial charge in [0.05, 0.1) is 6.10 Å². The monoisotopic (exact) mass is 238 g/mol. The van der Waals surface area contributed by atoms with Gasteiger partial charge in [0, 0.05) is 0 Å². The van der Waals surface area contributed by atoms with Gasteiger partial charge >= 0.3 is 5.97 Å². The van der Waals surface area contributed by atoms with Crippen LogP contribution in [-0.4, -0.2) is 22.3 Å². The molecule has 4 nitrogen and oxygen atoms in total. The Morgan fingerprint density at radius 3 is 2.76 bits per heavy atom. The molecule has 0 aliphatic carbocycles. The molecule has 4 heteroatoms. The summed E-state index contributed by atoms with van der Waals surface area (Å²) in [5.74, 6) is -0.867. The van der Waals surface area contributed by atoms with E-state index in [0.717, 1.165) is 19.3 Å². The number of esters is 1. The summed E-state index contributed by atoms with van der Waals surface area (Å²) in [6, 6.07) is 3.78. The van der Waals surface area contributed by atoms with E-state index in [2.05, 4.69) is 6.92 Å². The molecule has 0 spiro atoms. The maximum absolute atomic E-state index is 11.7. The Hall–Kier alpha value is -1.71. The number of aromatic hydroxyl groups is 2. The minimum absolute atomic E-state index is 0.00616. The van der Waals surface area contributed by atoms with E-state index in [-0.39, 0.29) is 23.2 Å². The Kier molecular flexibility index (Phi) is 4.82. The predicted octanol–water partition coefficient (Wildman–Crippen LogP) is 2.83. The number of hydrogen-bond donors (Lipinski definition) is 2. The minimum atomic E-state index is -0.609. The summed E-state index contributed by atoms with van der Waals surface area (Å²) < 4.78 is 5.16. The van der Waals surface area contributed by atoms with Crippen molar-refractivity contribution in [3.63, 3.8) is 0 Å². The highest BCUT2D eigenvalue weighted by Crippen LogP contribution is 2.23. The third-order valence-corrected chi connectivity index (χ3v) is 2.47. The predicted molar refractivity (Wildman–Crippen MR) is 64.2 cm³/mol. The Bertz CT molecular complexity index is 387. The van der Waals surface area contributed by atoms with Gasteiger partial charge in [0.2, 0.25) is 0 Å². The zero-order valence-corrected chi connectivity index (χ0v) is 10.1. The van der Waals surface area contributed by atoms with Gasteiger partial charge in [0.15, 0.2) is 0 Å². The maximum atomic E-state index is 11.7. The molecule has 0 aliphatic rings. The number of carbonyl (C=O) groups is 1. The van der Waals surface area contributed by atoms with E-state index in [9.17, 15) is 15.0 Å². The van der Waals surface area contributed by atoms with Gasteiger partial charge in [-0.3, -0.25) is 0 Å². The van der Waals surface area contributed by atoms with E-state index < -0.39 is 5.97 Å². The molecule has 0 aromatic heterocycles. The summed E-state index contributed by atoms with van der Waals surface area (Å²) in [4.78, 5) is 11.7. The number of phenolic OH excluding ortho intramolecular Hbond substituents is 2. The molecular formula is C13H18O4. The van der Waals surface area contributed by atoms with Crippen molar-refractivity contribution in [3.05, 3.63) is 23.8 Å². The first-order valence-electron chi connectivity index (χ1n) is 5.77. The number of benzene rings is 1. The second-order valence-corrected chi connectivity index (χ2v) is 4.06. The van der Waals surface area contributed by atoms with Gasteiger partial charge in [-0.05, 0) is 31.5 Å². The molecule has 2 N–H and O–H groups in total. The molecule has 0 aliphatic heterocycles. The lowest BCUT2D eigenvalue weighted by atomic mass is 10.1. The van der Waals surface area contributed by atoms with Crippen LogP contribution in [0.1, 0.15) is 43.5 Å². The van der Waals surface area contributed by atoms with Crippen LogP contribution < -0.4 is 0 Å². The standard InChI is InChI=1S/C13H18O4/c1-3-4-5-9(2)17-13(16)11-8-10(14)6-7-12(11)15/h6-9,14-15H,3-5H2,1-2H3. The molecule has 1 aromatic rings. The summed E-state index contributed by atoms with van der Waals surface area (Å²) in [5.41, 5.74) is -0.00616. The lowest BCUT2D eigenvalue weighted by Crippen LogP contribution is -2.15. The normalized spacial score (nSPS) is 12.1. The van der Waals surface area contributed by atoms with Crippen LogP contribution in [0.4, 0.5) is 0 Å². The third kappa shape index (κ3) is 3.98. The molecular weight excluding hydrogens is 220 g/mol. The average Bonchev–Trinajstić information content (AvgIpc) is 2.29. The van der Waals surface area contributed by atoms with Crippen LogP contribution in [0.3, 0.4) is 0 Å². The summed E-state index contributed by atoms with van der Waals surface area (Å²) >= 11 is 0. The van der Waals surface area contributed by atoms with Gasteiger partial charge in [0.25, 0.3) is 0 Å². The summed E-state index contributed by atoms with van der Waals surface area (Å²) in [7, 11) is 0. The first-order chi connectivity index (χ1) is 8.04. The highest BCUT2D eigenvalue weighted by atomic mass is 16.5. The van der Waals surface area contributed by atoms with Crippen molar-refractivity contribution >= 4 is 5.97 Å². The zero-order valence-electron chi connectivity index (χ0n) is 10.1. The van der Waals surface area contributed by atoms with E-state index in [0.29, 0.717) is 0 Å². The molecule has 1 rings (SSSR count). The van der Waals surface area contributed by atoms with Gasteiger partial charge in [-0.2, -0.15) is 0 Å². The molecule has 94 valence electrons. The van der Waals surface area contributed by atoms with Crippen molar-refractivity contribution in [1.82, 2.24) is 0 Å². The van der Waals surface area contributed by atoms with Gasteiger partial charge in [0.1, 0.15) is 17.1 Å². The van der Waals surface area contributed by atoms with Crippen LogP contribution in [0.25, 0.3) is 0 Å². The van der Waals surface area contributed by atoms with Gasteiger partial charge in [-0.25, -0.2) is 4.79 Å². The van der Waals surface area contributed by atoms with Crippen LogP contribution in [0, 0.1) is 0 Å². The lowest BCUT2D eigenvalue weighted by molar-refractivity contribution is 0.0317. The molecule has 0 bridgehead atoms. The second kappa shape index (κ2) is 6.13. The van der Waals surface area contributed by atoms with Crippen LogP contribution in [-0.2, 0) is 4.74 Å². The first-order valence-corrected chi connectivity index (χ1v) is 5.77. The third-order valence-electron chi connectivity index (χ3n) is 2.47. The molecule has 17 heavy (non-hydrogen) atoms. The number of carbonyl (C=O) groups excluding carboxylic acids is 1. The summed E-state index contributed by atoms with van der Waals surface area (Å²) in [5, 5.41) is 18.7. The number of rotatable bonds is 5. The van der Waals surface area contributed by atoms with Gasteiger partial charge in [-0.1, -0.05) is 19.8 Å². The van der Waals surface area contributed by atoms with Crippen molar-refractivity contribution in [3.8, 4) is 11.5 Å².